The SMILES string of the molecule is CNc1cccc2c1CN(C1CCC(=O)N(C)C1=O)C2=O. The lowest BCUT2D eigenvalue weighted by atomic mass is 10.0. The van der Waals surface area contributed by atoms with E-state index in [-0.39, 0.29) is 17.7 Å². The van der Waals surface area contributed by atoms with Crippen LogP contribution >= 0.6 is 0 Å². The van der Waals surface area contributed by atoms with Crippen LogP contribution in [0.5, 0.6) is 0 Å². The number of nitrogens with zero attached hydrogens (tertiary/aromatic N) is 2. The molecule has 1 fully saturated rings. The van der Waals surface area contributed by atoms with E-state index in [4.69, 9.17) is 0 Å². The number of nitrogens with one attached hydrogen (secondary N) is 1. The number of fused-ring (bicyclic) bond motifs is 1. The second kappa shape index (κ2) is 4.87. The first kappa shape index (κ1) is 13.6. The first-order valence-electron chi connectivity index (χ1n) is 6.95. The molecule has 1 unspecified atom stereocenters. The molecular weight excluding hydrogens is 270 g/mol. The van der Waals surface area contributed by atoms with Gasteiger partial charge in [-0.2, -0.15) is 0 Å². The third-order valence-electron chi connectivity index (χ3n) is 4.26. The van der Waals surface area contributed by atoms with Gasteiger partial charge in [0.15, 0.2) is 0 Å². The molecule has 6 heteroatoms. The van der Waals surface area contributed by atoms with Crippen molar-refractivity contribution in [2.45, 2.75) is 25.4 Å². The van der Waals surface area contributed by atoms with Gasteiger partial charge in [0, 0.05) is 43.9 Å². The van der Waals surface area contributed by atoms with Crippen molar-refractivity contribution in [3.63, 3.8) is 0 Å². The molecule has 1 aromatic carbocycles. The summed E-state index contributed by atoms with van der Waals surface area (Å²) in [5.74, 6) is -0.613. The Bertz CT molecular complexity index is 641. The molecule has 110 valence electrons. The number of amides is 3. The minimum absolute atomic E-state index is 0.136. The standard InChI is InChI=1S/C15H17N3O3/c1-16-11-5-3-4-9-10(11)8-18(14(9)20)12-6-7-13(19)17(2)15(12)21/h3-5,12,16H,6-8H2,1-2H3. The molecule has 3 rings (SSSR count). The number of likely N-dealkylation sites (tertiary alicyclic amines) is 1. The molecule has 1 aromatic rings. The highest BCUT2D eigenvalue weighted by atomic mass is 16.2. The van der Waals surface area contributed by atoms with Crippen molar-refractivity contribution < 1.29 is 14.4 Å². The Balaban J connectivity index is 1.91. The van der Waals surface area contributed by atoms with E-state index in [9.17, 15) is 14.4 Å². The molecule has 21 heavy (non-hydrogen) atoms. The average Bonchev–Trinajstić information content (AvgIpc) is 2.82. The monoisotopic (exact) mass is 287 g/mol. The van der Waals surface area contributed by atoms with Crippen LogP contribution in [0.15, 0.2) is 18.2 Å². The minimum Gasteiger partial charge on any atom is -0.388 e. The number of hydrogen-bond acceptors (Lipinski definition) is 4. The Morgan fingerprint density at radius 2 is 2.00 bits per heavy atom. The maximum atomic E-state index is 12.5. The molecule has 2 aliphatic heterocycles. The molecule has 2 heterocycles. The Hall–Kier alpha value is -2.37. The van der Waals surface area contributed by atoms with Gasteiger partial charge < -0.3 is 10.2 Å². The van der Waals surface area contributed by atoms with Crippen molar-refractivity contribution >= 4 is 23.4 Å². The molecule has 0 aliphatic carbocycles. The van der Waals surface area contributed by atoms with Gasteiger partial charge in [0.1, 0.15) is 6.04 Å². The maximum absolute atomic E-state index is 12.5. The van der Waals surface area contributed by atoms with Crippen LogP contribution in [0, 0.1) is 0 Å². The van der Waals surface area contributed by atoms with Gasteiger partial charge in [-0.1, -0.05) is 6.07 Å². The van der Waals surface area contributed by atoms with Crippen molar-refractivity contribution in [2.75, 3.05) is 19.4 Å². The zero-order valence-electron chi connectivity index (χ0n) is 12.0. The first-order chi connectivity index (χ1) is 10.0. The van der Waals surface area contributed by atoms with E-state index >= 15 is 0 Å². The molecule has 0 spiro atoms. The van der Waals surface area contributed by atoms with Crippen LogP contribution in [0.2, 0.25) is 0 Å². The Morgan fingerprint density at radius 1 is 1.24 bits per heavy atom. The summed E-state index contributed by atoms with van der Waals surface area (Å²) in [4.78, 5) is 39.1. The molecule has 1 atom stereocenters. The third kappa shape index (κ3) is 1.98. The number of benzene rings is 1. The van der Waals surface area contributed by atoms with E-state index in [1.165, 1.54) is 7.05 Å². The Kier molecular flexibility index (Phi) is 3.16. The molecule has 6 nitrogen and oxygen atoms in total. The van der Waals surface area contributed by atoms with E-state index in [2.05, 4.69) is 5.32 Å². The zero-order chi connectivity index (χ0) is 15.1. The van der Waals surface area contributed by atoms with Gasteiger partial charge >= 0.3 is 0 Å². The molecule has 3 amide bonds. The van der Waals surface area contributed by atoms with Crippen LogP contribution in [-0.4, -0.2) is 47.7 Å². The lowest BCUT2D eigenvalue weighted by molar-refractivity contribution is -0.150. The van der Waals surface area contributed by atoms with E-state index < -0.39 is 6.04 Å². The highest BCUT2D eigenvalue weighted by molar-refractivity contribution is 6.05. The summed E-state index contributed by atoms with van der Waals surface area (Å²) in [6.07, 6.45) is 0.697. The summed E-state index contributed by atoms with van der Waals surface area (Å²) >= 11 is 0. The van der Waals surface area contributed by atoms with Gasteiger partial charge in [-0.05, 0) is 18.6 Å². The number of anilines is 1. The minimum atomic E-state index is -0.544. The second-order valence-corrected chi connectivity index (χ2v) is 5.36. The van der Waals surface area contributed by atoms with Crippen LogP contribution in [-0.2, 0) is 16.1 Å². The summed E-state index contributed by atoms with van der Waals surface area (Å²) in [6, 6.07) is 4.97. The highest BCUT2D eigenvalue weighted by Crippen LogP contribution is 2.32. The normalized spacial score (nSPS) is 21.8. The molecule has 0 aromatic heterocycles. The topological polar surface area (TPSA) is 69.7 Å². The van der Waals surface area contributed by atoms with Gasteiger partial charge in [-0.3, -0.25) is 19.3 Å². The summed E-state index contributed by atoms with van der Waals surface area (Å²) in [5.41, 5.74) is 2.45. The maximum Gasteiger partial charge on any atom is 0.255 e. The van der Waals surface area contributed by atoms with Crippen LogP contribution < -0.4 is 5.32 Å². The predicted octanol–water partition coefficient (Wildman–Crippen LogP) is 0.831. The van der Waals surface area contributed by atoms with Crippen LogP contribution in [0.1, 0.15) is 28.8 Å². The molecule has 1 saturated heterocycles. The summed E-state index contributed by atoms with van der Waals surface area (Å²) in [6.45, 7) is 0.406. The number of piperidine rings is 1. The number of rotatable bonds is 2. The second-order valence-electron chi connectivity index (χ2n) is 5.36. The van der Waals surface area contributed by atoms with Crippen LogP contribution in [0.4, 0.5) is 5.69 Å². The number of carbonyl (C=O) groups excluding carboxylic acids is 3. The largest absolute Gasteiger partial charge is 0.388 e. The molecule has 2 aliphatic rings. The number of carbonyl (C=O) groups is 3. The molecule has 0 bridgehead atoms. The fraction of sp³-hybridized carbons (Fsp3) is 0.400. The Morgan fingerprint density at radius 3 is 2.71 bits per heavy atom. The first-order valence-corrected chi connectivity index (χ1v) is 6.95. The number of hydrogen-bond donors (Lipinski definition) is 1. The van der Waals surface area contributed by atoms with Gasteiger partial charge in [0.2, 0.25) is 5.91 Å². The summed E-state index contributed by atoms with van der Waals surface area (Å²) in [5, 5.41) is 3.07. The van der Waals surface area contributed by atoms with Crippen molar-refractivity contribution in [3.05, 3.63) is 29.3 Å². The van der Waals surface area contributed by atoms with Crippen LogP contribution in [0.3, 0.4) is 0 Å². The molecule has 1 N–H and O–H groups in total. The van der Waals surface area contributed by atoms with E-state index in [0.29, 0.717) is 24.9 Å². The highest BCUT2D eigenvalue weighted by Gasteiger charge is 2.41. The zero-order valence-corrected chi connectivity index (χ0v) is 12.0. The predicted molar refractivity (Wildman–Crippen MR) is 76.7 cm³/mol. The molecule has 0 saturated carbocycles. The number of imide groups is 1. The fourth-order valence-electron chi connectivity index (χ4n) is 3.03. The molecular formula is C15H17N3O3. The lowest BCUT2D eigenvalue weighted by Crippen LogP contribution is -2.53. The van der Waals surface area contributed by atoms with E-state index in [0.717, 1.165) is 16.2 Å². The van der Waals surface area contributed by atoms with Gasteiger partial charge in [0.05, 0.1) is 0 Å². The number of likely N-dealkylation sites (N-methyl/N-ethyl adjacent to an activating group) is 1. The van der Waals surface area contributed by atoms with Gasteiger partial charge in [-0.15, -0.1) is 0 Å². The van der Waals surface area contributed by atoms with E-state index in [1.807, 2.05) is 12.1 Å². The summed E-state index contributed by atoms with van der Waals surface area (Å²) in [7, 11) is 3.28. The quantitative estimate of drug-likeness (QED) is 0.818. The van der Waals surface area contributed by atoms with Gasteiger partial charge in [-0.25, -0.2) is 0 Å². The van der Waals surface area contributed by atoms with Crippen molar-refractivity contribution in [1.29, 1.82) is 0 Å². The lowest BCUT2D eigenvalue weighted by Gasteiger charge is -2.33. The third-order valence-corrected chi connectivity index (χ3v) is 4.26. The van der Waals surface area contributed by atoms with Crippen LogP contribution in [0.25, 0.3) is 0 Å². The molecule has 0 radical (unpaired) electrons. The smallest absolute Gasteiger partial charge is 0.255 e. The summed E-state index contributed by atoms with van der Waals surface area (Å²) < 4.78 is 0. The van der Waals surface area contributed by atoms with E-state index in [1.54, 1.807) is 18.0 Å². The van der Waals surface area contributed by atoms with Gasteiger partial charge in [0.25, 0.3) is 11.8 Å². The van der Waals surface area contributed by atoms with Crippen molar-refractivity contribution in [3.8, 4) is 0 Å². The average molecular weight is 287 g/mol. The van der Waals surface area contributed by atoms with Crippen molar-refractivity contribution in [1.82, 2.24) is 9.80 Å². The fourth-order valence-corrected chi connectivity index (χ4v) is 3.03. The van der Waals surface area contributed by atoms with Crippen molar-refractivity contribution in [2.24, 2.45) is 0 Å². The Labute approximate surface area is 122 Å².